The number of hydrogen-bond acceptors (Lipinski definition) is 2. The van der Waals surface area contributed by atoms with Crippen LogP contribution < -0.4 is 0 Å². The molecule has 1 nitrogen and oxygen atoms in total. The molecule has 0 N–H and O–H groups in total. The Morgan fingerprint density at radius 3 is 2.70 bits per heavy atom. The fraction of sp³-hybridized carbons (Fsp3) is 0.857. The van der Waals surface area contributed by atoms with Gasteiger partial charge in [0.1, 0.15) is 0 Å². The van der Waals surface area contributed by atoms with Gasteiger partial charge in [0.05, 0.1) is 6.17 Å². The van der Waals surface area contributed by atoms with E-state index in [9.17, 15) is 9.18 Å². The first-order chi connectivity index (χ1) is 4.63. The summed E-state index contributed by atoms with van der Waals surface area (Å²) in [5, 5.41) is 0.117. The highest BCUT2D eigenvalue weighted by Crippen LogP contribution is 2.08. The van der Waals surface area contributed by atoms with Crippen molar-refractivity contribution in [2.24, 2.45) is 0 Å². The van der Waals surface area contributed by atoms with Crippen molar-refractivity contribution in [2.75, 3.05) is 5.75 Å². The molecule has 0 amide bonds. The highest BCUT2D eigenvalue weighted by molar-refractivity contribution is 8.13. The zero-order valence-electron chi connectivity index (χ0n) is 6.39. The van der Waals surface area contributed by atoms with Crippen molar-refractivity contribution >= 4 is 16.9 Å². The van der Waals surface area contributed by atoms with Gasteiger partial charge in [0, 0.05) is 12.7 Å². The Morgan fingerprint density at radius 1 is 1.70 bits per heavy atom. The van der Waals surface area contributed by atoms with Crippen LogP contribution in [0.15, 0.2) is 0 Å². The third-order valence-electron chi connectivity index (χ3n) is 1.05. The van der Waals surface area contributed by atoms with Gasteiger partial charge in [-0.3, -0.25) is 4.79 Å². The minimum Gasteiger partial charge on any atom is -0.288 e. The van der Waals surface area contributed by atoms with Gasteiger partial charge in [0.15, 0.2) is 5.12 Å². The van der Waals surface area contributed by atoms with Crippen molar-refractivity contribution in [3.8, 4) is 0 Å². The first-order valence-electron chi connectivity index (χ1n) is 3.40. The van der Waals surface area contributed by atoms with E-state index in [2.05, 4.69) is 0 Å². The normalized spacial score (nSPS) is 13.1. The third kappa shape index (κ3) is 7.95. The van der Waals surface area contributed by atoms with Crippen molar-refractivity contribution in [1.82, 2.24) is 0 Å². The standard InChI is InChI=1S/C7H13FOS/c1-6(8)4-3-5-10-7(2)9/h6H,3-5H2,1-2H3. The molecule has 1 unspecified atom stereocenters. The molecule has 0 aliphatic heterocycles. The molecule has 0 bridgehead atoms. The van der Waals surface area contributed by atoms with Crippen LogP contribution >= 0.6 is 11.8 Å². The van der Waals surface area contributed by atoms with Crippen LogP contribution in [0.4, 0.5) is 4.39 Å². The molecular weight excluding hydrogens is 151 g/mol. The van der Waals surface area contributed by atoms with Crippen LogP contribution in [0.1, 0.15) is 26.7 Å². The monoisotopic (exact) mass is 164 g/mol. The summed E-state index contributed by atoms with van der Waals surface area (Å²) in [6.45, 7) is 3.07. The summed E-state index contributed by atoms with van der Waals surface area (Å²) in [5.41, 5.74) is 0. The lowest BCUT2D eigenvalue weighted by molar-refractivity contribution is -0.109. The fourth-order valence-electron chi connectivity index (χ4n) is 0.581. The van der Waals surface area contributed by atoms with E-state index in [1.54, 1.807) is 6.92 Å². The summed E-state index contributed by atoms with van der Waals surface area (Å²) in [6.07, 6.45) is 0.634. The lowest BCUT2D eigenvalue weighted by Crippen LogP contribution is -1.94. The van der Waals surface area contributed by atoms with Gasteiger partial charge in [-0.2, -0.15) is 0 Å². The molecule has 0 aromatic heterocycles. The molecule has 0 spiro atoms. The summed E-state index contributed by atoms with van der Waals surface area (Å²) in [7, 11) is 0. The molecular formula is C7H13FOS. The summed E-state index contributed by atoms with van der Waals surface area (Å²) in [4.78, 5) is 10.4. The van der Waals surface area contributed by atoms with E-state index < -0.39 is 6.17 Å². The fourth-order valence-corrected chi connectivity index (χ4v) is 1.18. The van der Waals surface area contributed by atoms with Gasteiger partial charge < -0.3 is 0 Å². The molecule has 10 heavy (non-hydrogen) atoms. The van der Waals surface area contributed by atoms with Crippen LogP contribution in [0.2, 0.25) is 0 Å². The van der Waals surface area contributed by atoms with Gasteiger partial charge in [-0.15, -0.1) is 0 Å². The number of rotatable bonds is 4. The van der Waals surface area contributed by atoms with Gasteiger partial charge in [0.2, 0.25) is 0 Å². The second kappa shape index (κ2) is 5.71. The van der Waals surface area contributed by atoms with Gasteiger partial charge in [-0.1, -0.05) is 11.8 Å². The van der Waals surface area contributed by atoms with Crippen molar-refractivity contribution in [3.63, 3.8) is 0 Å². The van der Waals surface area contributed by atoms with Gasteiger partial charge in [-0.25, -0.2) is 4.39 Å². The highest BCUT2D eigenvalue weighted by atomic mass is 32.2. The average molecular weight is 164 g/mol. The molecule has 0 fully saturated rings. The summed E-state index contributed by atoms with van der Waals surface area (Å²) in [6, 6.07) is 0. The van der Waals surface area contributed by atoms with Crippen LogP contribution in [0.3, 0.4) is 0 Å². The predicted molar refractivity (Wildman–Crippen MR) is 42.9 cm³/mol. The molecule has 3 heteroatoms. The number of carbonyl (C=O) groups is 1. The molecule has 0 aromatic carbocycles. The Bertz CT molecular complexity index is 104. The van der Waals surface area contributed by atoms with E-state index in [0.29, 0.717) is 6.42 Å². The van der Waals surface area contributed by atoms with E-state index in [1.807, 2.05) is 0 Å². The maximum absolute atomic E-state index is 12.1. The maximum atomic E-state index is 12.1. The number of hydrogen-bond donors (Lipinski definition) is 0. The Morgan fingerprint density at radius 2 is 2.30 bits per heavy atom. The van der Waals surface area contributed by atoms with Gasteiger partial charge >= 0.3 is 0 Å². The smallest absolute Gasteiger partial charge is 0.185 e. The van der Waals surface area contributed by atoms with Crippen molar-refractivity contribution in [2.45, 2.75) is 32.9 Å². The summed E-state index contributed by atoms with van der Waals surface area (Å²) in [5.74, 6) is 0.754. The van der Waals surface area contributed by atoms with Crippen LogP contribution in [-0.4, -0.2) is 17.0 Å². The maximum Gasteiger partial charge on any atom is 0.185 e. The second-order valence-corrected chi connectivity index (χ2v) is 3.53. The number of carbonyl (C=O) groups excluding carboxylic acids is 1. The quantitative estimate of drug-likeness (QED) is 0.593. The van der Waals surface area contributed by atoms with Crippen molar-refractivity contribution in [3.05, 3.63) is 0 Å². The number of halogens is 1. The lowest BCUT2D eigenvalue weighted by atomic mass is 10.2. The van der Waals surface area contributed by atoms with Crippen molar-refractivity contribution < 1.29 is 9.18 Å². The van der Waals surface area contributed by atoms with Gasteiger partial charge in [-0.05, 0) is 19.8 Å². The Hall–Kier alpha value is -0.0500. The molecule has 0 aliphatic carbocycles. The molecule has 60 valence electrons. The van der Waals surface area contributed by atoms with E-state index in [0.717, 1.165) is 12.2 Å². The zero-order valence-corrected chi connectivity index (χ0v) is 7.21. The van der Waals surface area contributed by atoms with E-state index >= 15 is 0 Å². The Balaban J connectivity index is 2.98. The van der Waals surface area contributed by atoms with E-state index in [1.165, 1.54) is 18.7 Å². The topological polar surface area (TPSA) is 17.1 Å². The summed E-state index contributed by atoms with van der Waals surface area (Å²) < 4.78 is 12.1. The largest absolute Gasteiger partial charge is 0.288 e. The van der Waals surface area contributed by atoms with Gasteiger partial charge in [0.25, 0.3) is 0 Å². The SMILES string of the molecule is CC(=O)SCCCC(C)F. The van der Waals surface area contributed by atoms with E-state index in [4.69, 9.17) is 0 Å². The minimum atomic E-state index is -0.729. The lowest BCUT2D eigenvalue weighted by Gasteiger charge is -1.98. The second-order valence-electron chi connectivity index (χ2n) is 2.26. The predicted octanol–water partition coefficient (Wildman–Crippen LogP) is 2.40. The average Bonchev–Trinajstić information content (AvgIpc) is 1.79. The Kier molecular flexibility index (Phi) is 5.69. The van der Waals surface area contributed by atoms with Crippen molar-refractivity contribution in [1.29, 1.82) is 0 Å². The molecule has 0 rings (SSSR count). The molecule has 0 saturated heterocycles. The minimum absolute atomic E-state index is 0.117. The highest BCUT2D eigenvalue weighted by Gasteiger charge is 1.98. The first kappa shape index (κ1) is 9.95. The van der Waals surface area contributed by atoms with Crippen LogP contribution in [0.5, 0.6) is 0 Å². The number of alkyl halides is 1. The van der Waals surface area contributed by atoms with Crippen LogP contribution in [0, 0.1) is 0 Å². The first-order valence-corrected chi connectivity index (χ1v) is 4.39. The molecule has 0 aliphatic rings. The molecule has 0 heterocycles. The van der Waals surface area contributed by atoms with Crippen LogP contribution in [-0.2, 0) is 4.79 Å². The number of thioether (sulfide) groups is 1. The Labute approximate surface area is 65.4 Å². The summed E-state index contributed by atoms with van der Waals surface area (Å²) >= 11 is 1.27. The van der Waals surface area contributed by atoms with Crippen LogP contribution in [0.25, 0.3) is 0 Å². The van der Waals surface area contributed by atoms with E-state index in [-0.39, 0.29) is 5.12 Å². The molecule has 0 saturated carbocycles. The molecule has 0 radical (unpaired) electrons. The third-order valence-corrected chi connectivity index (χ3v) is 1.95. The molecule has 0 aromatic rings. The molecule has 1 atom stereocenters. The zero-order chi connectivity index (χ0) is 7.98.